The fraction of sp³-hybridized carbons (Fsp3) is 0.235. The molecule has 0 radical (unpaired) electrons. The van der Waals surface area contributed by atoms with Gasteiger partial charge in [-0.3, -0.25) is 0 Å². The van der Waals surface area contributed by atoms with Crippen molar-refractivity contribution < 1.29 is 0 Å². The van der Waals surface area contributed by atoms with Gasteiger partial charge in [-0.15, -0.1) is 0 Å². The summed E-state index contributed by atoms with van der Waals surface area (Å²) < 4.78 is 0. The average Bonchev–Trinajstić information content (AvgIpc) is 2.45. The number of benzene rings is 2. The second-order valence-corrected chi connectivity index (χ2v) is 5.43. The SMILES string of the molecule is Cc1cccc(C(N)=S)c1N(C)CCc1ccccc1. The van der Waals surface area contributed by atoms with Gasteiger partial charge < -0.3 is 10.6 Å². The molecule has 0 aliphatic carbocycles. The van der Waals surface area contributed by atoms with Gasteiger partial charge in [-0.1, -0.05) is 54.7 Å². The molecule has 0 unspecified atom stereocenters. The van der Waals surface area contributed by atoms with Gasteiger partial charge in [0.2, 0.25) is 0 Å². The molecule has 2 N–H and O–H groups in total. The van der Waals surface area contributed by atoms with E-state index in [9.17, 15) is 0 Å². The van der Waals surface area contributed by atoms with Crippen molar-refractivity contribution in [2.75, 3.05) is 18.5 Å². The number of aryl methyl sites for hydroxylation is 1. The van der Waals surface area contributed by atoms with Crippen LogP contribution in [0.1, 0.15) is 16.7 Å². The Bertz CT molecular complexity index is 593. The predicted octanol–water partition coefficient (Wildman–Crippen LogP) is 3.31. The van der Waals surface area contributed by atoms with Gasteiger partial charge >= 0.3 is 0 Å². The molecule has 2 rings (SSSR count). The fourth-order valence-electron chi connectivity index (χ4n) is 2.42. The van der Waals surface area contributed by atoms with Crippen LogP contribution in [0.15, 0.2) is 48.5 Å². The van der Waals surface area contributed by atoms with E-state index in [1.807, 2.05) is 18.2 Å². The van der Waals surface area contributed by atoms with E-state index in [2.05, 4.69) is 49.2 Å². The van der Waals surface area contributed by atoms with Crippen molar-refractivity contribution in [1.29, 1.82) is 0 Å². The lowest BCUT2D eigenvalue weighted by molar-refractivity contribution is 0.872. The number of rotatable bonds is 5. The Labute approximate surface area is 126 Å². The second kappa shape index (κ2) is 6.53. The van der Waals surface area contributed by atoms with Gasteiger partial charge in [-0.05, 0) is 30.5 Å². The number of thiocarbonyl (C=S) groups is 1. The first kappa shape index (κ1) is 14.5. The number of likely N-dealkylation sites (N-methyl/N-ethyl adjacent to an activating group) is 1. The summed E-state index contributed by atoms with van der Waals surface area (Å²) >= 11 is 5.16. The van der Waals surface area contributed by atoms with Crippen LogP contribution < -0.4 is 10.6 Å². The Balaban J connectivity index is 2.17. The maximum absolute atomic E-state index is 5.83. The second-order valence-electron chi connectivity index (χ2n) is 4.99. The molecule has 0 amide bonds. The summed E-state index contributed by atoms with van der Waals surface area (Å²) in [6, 6.07) is 16.6. The van der Waals surface area contributed by atoms with Crippen molar-refractivity contribution in [3.05, 3.63) is 65.2 Å². The Kier molecular flexibility index (Phi) is 4.74. The van der Waals surface area contributed by atoms with Crippen LogP contribution in [0.3, 0.4) is 0 Å². The van der Waals surface area contributed by atoms with E-state index in [4.69, 9.17) is 18.0 Å². The third kappa shape index (κ3) is 3.36. The van der Waals surface area contributed by atoms with E-state index in [0.29, 0.717) is 4.99 Å². The van der Waals surface area contributed by atoms with Gasteiger partial charge in [0.05, 0.1) is 0 Å². The van der Waals surface area contributed by atoms with Crippen molar-refractivity contribution >= 4 is 22.9 Å². The first-order valence-corrected chi connectivity index (χ1v) is 7.15. The van der Waals surface area contributed by atoms with Crippen molar-refractivity contribution in [2.24, 2.45) is 5.73 Å². The number of hydrogen-bond acceptors (Lipinski definition) is 2. The van der Waals surface area contributed by atoms with Crippen LogP contribution in [-0.2, 0) is 6.42 Å². The molecule has 0 heterocycles. The average molecular weight is 284 g/mol. The maximum atomic E-state index is 5.83. The van der Waals surface area contributed by atoms with Gasteiger partial charge in [0, 0.05) is 24.8 Å². The standard InChI is InChI=1S/C17H20N2S/c1-13-7-6-10-15(17(18)20)16(13)19(2)12-11-14-8-4-3-5-9-14/h3-10H,11-12H2,1-2H3,(H2,18,20). The minimum absolute atomic E-state index is 0.454. The summed E-state index contributed by atoms with van der Waals surface area (Å²) in [6.07, 6.45) is 1.00. The zero-order chi connectivity index (χ0) is 14.5. The molecule has 3 heteroatoms. The number of nitrogens with two attached hydrogens (primary N) is 1. The Morgan fingerprint density at radius 3 is 2.45 bits per heavy atom. The molecule has 104 valence electrons. The van der Waals surface area contributed by atoms with Gasteiger partial charge in [-0.25, -0.2) is 0 Å². The molecule has 0 saturated heterocycles. The molecule has 0 saturated carbocycles. The van der Waals surface area contributed by atoms with Crippen LogP contribution in [0.4, 0.5) is 5.69 Å². The number of nitrogens with zero attached hydrogens (tertiary/aromatic N) is 1. The highest BCUT2D eigenvalue weighted by Crippen LogP contribution is 2.24. The zero-order valence-electron chi connectivity index (χ0n) is 12.0. The summed E-state index contributed by atoms with van der Waals surface area (Å²) in [6.45, 7) is 3.03. The molecular formula is C17H20N2S. The Morgan fingerprint density at radius 1 is 1.10 bits per heavy atom. The third-order valence-corrected chi connectivity index (χ3v) is 3.68. The summed E-state index contributed by atoms with van der Waals surface area (Å²) in [5.74, 6) is 0. The molecule has 2 nitrogen and oxygen atoms in total. The number of para-hydroxylation sites is 1. The van der Waals surface area contributed by atoms with Crippen molar-refractivity contribution in [3.63, 3.8) is 0 Å². The lowest BCUT2D eigenvalue weighted by Crippen LogP contribution is -2.25. The van der Waals surface area contributed by atoms with Crippen molar-refractivity contribution in [2.45, 2.75) is 13.3 Å². The largest absolute Gasteiger partial charge is 0.389 e. The van der Waals surface area contributed by atoms with Gasteiger partial charge in [-0.2, -0.15) is 0 Å². The van der Waals surface area contributed by atoms with E-state index >= 15 is 0 Å². The summed E-state index contributed by atoms with van der Waals surface area (Å²) in [4.78, 5) is 2.69. The first-order valence-electron chi connectivity index (χ1n) is 6.74. The van der Waals surface area contributed by atoms with E-state index in [0.717, 1.165) is 24.2 Å². The first-order chi connectivity index (χ1) is 9.59. The highest BCUT2D eigenvalue weighted by Gasteiger charge is 2.12. The van der Waals surface area contributed by atoms with E-state index in [1.54, 1.807) is 0 Å². The molecular weight excluding hydrogens is 264 g/mol. The van der Waals surface area contributed by atoms with Gasteiger partial charge in [0.25, 0.3) is 0 Å². The smallest absolute Gasteiger partial charge is 0.106 e. The molecule has 0 spiro atoms. The van der Waals surface area contributed by atoms with Gasteiger partial charge in [0.15, 0.2) is 0 Å². The molecule has 2 aromatic rings. The highest BCUT2D eigenvalue weighted by atomic mass is 32.1. The summed E-state index contributed by atoms with van der Waals surface area (Å²) in [7, 11) is 2.09. The van der Waals surface area contributed by atoms with Crippen LogP contribution in [0.5, 0.6) is 0 Å². The maximum Gasteiger partial charge on any atom is 0.106 e. The number of hydrogen-bond donors (Lipinski definition) is 1. The summed E-state index contributed by atoms with van der Waals surface area (Å²) in [5, 5.41) is 0. The topological polar surface area (TPSA) is 29.3 Å². The van der Waals surface area contributed by atoms with Crippen molar-refractivity contribution in [1.82, 2.24) is 0 Å². The molecule has 0 aromatic heterocycles. The lowest BCUT2D eigenvalue weighted by atomic mass is 10.1. The number of anilines is 1. The van der Waals surface area contributed by atoms with E-state index in [-0.39, 0.29) is 0 Å². The third-order valence-electron chi connectivity index (χ3n) is 3.46. The minimum Gasteiger partial charge on any atom is -0.389 e. The van der Waals surface area contributed by atoms with E-state index in [1.165, 1.54) is 11.1 Å². The van der Waals surface area contributed by atoms with Crippen LogP contribution in [0, 0.1) is 6.92 Å². The molecule has 20 heavy (non-hydrogen) atoms. The van der Waals surface area contributed by atoms with Crippen LogP contribution in [0.25, 0.3) is 0 Å². The highest BCUT2D eigenvalue weighted by molar-refractivity contribution is 7.80. The normalized spacial score (nSPS) is 10.3. The molecule has 0 atom stereocenters. The Morgan fingerprint density at radius 2 is 1.80 bits per heavy atom. The molecule has 0 aliphatic heterocycles. The Hall–Kier alpha value is -1.87. The predicted molar refractivity (Wildman–Crippen MR) is 90.5 cm³/mol. The van der Waals surface area contributed by atoms with E-state index < -0.39 is 0 Å². The van der Waals surface area contributed by atoms with Crippen LogP contribution >= 0.6 is 12.2 Å². The lowest BCUT2D eigenvalue weighted by Gasteiger charge is -2.24. The molecule has 0 bridgehead atoms. The van der Waals surface area contributed by atoms with Crippen LogP contribution in [-0.4, -0.2) is 18.6 Å². The minimum atomic E-state index is 0.454. The zero-order valence-corrected chi connectivity index (χ0v) is 12.8. The van der Waals surface area contributed by atoms with Crippen LogP contribution in [0.2, 0.25) is 0 Å². The molecule has 0 fully saturated rings. The quantitative estimate of drug-likeness (QED) is 0.854. The fourth-order valence-corrected chi connectivity index (χ4v) is 2.58. The van der Waals surface area contributed by atoms with Gasteiger partial charge in [0.1, 0.15) is 4.99 Å². The van der Waals surface area contributed by atoms with Crippen molar-refractivity contribution in [3.8, 4) is 0 Å². The summed E-state index contributed by atoms with van der Waals surface area (Å²) in [5.41, 5.74) is 10.5. The monoisotopic (exact) mass is 284 g/mol. The molecule has 0 aliphatic rings. The molecule has 2 aromatic carbocycles.